The number of hydrogen-bond donors (Lipinski definition) is 1. The lowest BCUT2D eigenvalue weighted by atomic mass is 10.0. The van der Waals surface area contributed by atoms with Crippen LogP contribution in [0.25, 0.3) is 0 Å². The van der Waals surface area contributed by atoms with E-state index in [9.17, 15) is 0 Å². The summed E-state index contributed by atoms with van der Waals surface area (Å²) in [6, 6.07) is 6.54. The van der Waals surface area contributed by atoms with E-state index >= 15 is 0 Å². The Morgan fingerprint density at radius 3 is 2.60 bits per heavy atom. The number of hydrogen-bond acceptors (Lipinski definition) is 4. The number of ether oxygens (including phenoxy) is 1. The number of aryl methyl sites for hydroxylation is 2. The van der Waals surface area contributed by atoms with Crippen LogP contribution in [0.2, 0.25) is 0 Å². The van der Waals surface area contributed by atoms with Crippen LogP contribution in [0, 0.1) is 6.92 Å². The monoisotopic (exact) mass is 274 g/mol. The van der Waals surface area contributed by atoms with E-state index < -0.39 is 0 Å². The average molecular weight is 274 g/mol. The molecule has 2 atom stereocenters. The van der Waals surface area contributed by atoms with Crippen LogP contribution in [0.4, 0.5) is 0 Å². The molecule has 1 aromatic carbocycles. The highest BCUT2D eigenvalue weighted by atomic mass is 16.5. The third-order valence-electron chi connectivity index (χ3n) is 3.49. The standard InChI is InChI=1S/C15H22N4O/c1-10-6-7-13(14(8-10)20-5)11(2)17-12(3)15-18-16-9-19(15)4/h6-9,11-12,17H,1-5H3. The third-order valence-corrected chi connectivity index (χ3v) is 3.49. The first-order chi connectivity index (χ1) is 9.52. The number of nitrogens with zero attached hydrogens (tertiary/aromatic N) is 3. The molecule has 0 aliphatic carbocycles. The van der Waals surface area contributed by atoms with Crippen molar-refractivity contribution < 1.29 is 4.74 Å². The van der Waals surface area contributed by atoms with Gasteiger partial charge in [-0.3, -0.25) is 0 Å². The van der Waals surface area contributed by atoms with E-state index in [0.29, 0.717) is 0 Å². The van der Waals surface area contributed by atoms with Crippen LogP contribution in [0.5, 0.6) is 5.75 Å². The highest BCUT2D eigenvalue weighted by Gasteiger charge is 2.17. The van der Waals surface area contributed by atoms with Crippen molar-refractivity contribution in [3.8, 4) is 5.75 Å². The molecule has 0 saturated heterocycles. The zero-order valence-corrected chi connectivity index (χ0v) is 12.7. The van der Waals surface area contributed by atoms with Gasteiger partial charge in [-0.25, -0.2) is 0 Å². The molecule has 0 aliphatic rings. The zero-order valence-electron chi connectivity index (χ0n) is 12.7. The molecule has 2 unspecified atom stereocenters. The first-order valence-corrected chi connectivity index (χ1v) is 6.77. The fourth-order valence-electron chi connectivity index (χ4n) is 2.40. The van der Waals surface area contributed by atoms with Crippen molar-refractivity contribution in [3.05, 3.63) is 41.5 Å². The summed E-state index contributed by atoms with van der Waals surface area (Å²) in [6.07, 6.45) is 1.71. The summed E-state index contributed by atoms with van der Waals surface area (Å²) in [5.41, 5.74) is 2.34. The van der Waals surface area contributed by atoms with Crippen molar-refractivity contribution >= 4 is 0 Å². The molecule has 0 bridgehead atoms. The maximum atomic E-state index is 5.47. The molecule has 0 saturated carbocycles. The summed E-state index contributed by atoms with van der Waals surface area (Å²) < 4.78 is 7.40. The molecule has 1 N–H and O–H groups in total. The van der Waals surface area contributed by atoms with Gasteiger partial charge in [0, 0.05) is 18.7 Å². The molecule has 1 aromatic heterocycles. The van der Waals surface area contributed by atoms with Gasteiger partial charge in [-0.05, 0) is 32.4 Å². The molecule has 2 rings (SSSR count). The summed E-state index contributed by atoms with van der Waals surface area (Å²) >= 11 is 0. The second-order valence-corrected chi connectivity index (χ2v) is 5.16. The van der Waals surface area contributed by atoms with Crippen molar-refractivity contribution in [1.29, 1.82) is 0 Å². The van der Waals surface area contributed by atoms with Crippen LogP contribution >= 0.6 is 0 Å². The van der Waals surface area contributed by atoms with Crippen molar-refractivity contribution in [2.24, 2.45) is 7.05 Å². The topological polar surface area (TPSA) is 52.0 Å². The van der Waals surface area contributed by atoms with Gasteiger partial charge < -0.3 is 14.6 Å². The van der Waals surface area contributed by atoms with E-state index in [1.807, 2.05) is 11.6 Å². The molecule has 108 valence electrons. The number of methoxy groups -OCH3 is 1. The number of rotatable bonds is 5. The smallest absolute Gasteiger partial charge is 0.149 e. The van der Waals surface area contributed by atoms with Gasteiger partial charge >= 0.3 is 0 Å². The number of aromatic nitrogens is 3. The Hall–Kier alpha value is -1.88. The first kappa shape index (κ1) is 14.5. The average Bonchev–Trinajstić information content (AvgIpc) is 2.84. The van der Waals surface area contributed by atoms with E-state index in [0.717, 1.165) is 17.1 Å². The number of nitrogens with one attached hydrogen (secondary N) is 1. The largest absolute Gasteiger partial charge is 0.496 e. The van der Waals surface area contributed by atoms with Crippen LogP contribution < -0.4 is 10.1 Å². The molecule has 1 heterocycles. The second-order valence-electron chi connectivity index (χ2n) is 5.16. The molecule has 2 aromatic rings. The Bertz CT molecular complexity index is 579. The molecule has 0 amide bonds. The normalized spacial score (nSPS) is 14.1. The lowest BCUT2D eigenvalue weighted by Gasteiger charge is -2.21. The predicted octanol–water partition coefficient (Wildman–Crippen LogP) is 2.54. The summed E-state index contributed by atoms with van der Waals surface area (Å²) in [4.78, 5) is 0. The molecular weight excluding hydrogens is 252 g/mol. The molecule has 20 heavy (non-hydrogen) atoms. The minimum atomic E-state index is 0.114. The van der Waals surface area contributed by atoms with Gasteiger partial charge in [-0.15, -0.1) is 10.2 Å². The molecule has 0 fully saturated rings. The summed E-state index contributed by atoms with van der Waals surface area (Å²) in [7, 11) is 3.65. The highest BCUT2D eigenvalue weighted by Crippen LogP contribution is 2.27. The van der Waals surface area contributed by atoms with Gasteiger partial charge in [0.05, 0.1) is 13.2 Å². The highest BCUT2D eigenvalue weighted by molar-refractivity contribution is 5.39. The van der Waals surface area contributed by atoms with Crippen LogP contribution in [0.15, 0.2) is 24.5 Å². The minimum absolute atomic E-state index is 0.114. The van der Waals surface area contributed by atoms with Gasteiger partial charge in [-0.2, -0.15) is 0 Å². The molecule has 0 spiro atoms. The fraction of sp³-hybridized carbons (Fsp3) is 0.467. The van der Waals surface area contributed by atoms with Gasteiger partial charge in [0.2, 0.25) is 0 Å². The Morgan fingerprint density at radius 1 is 1.25 bits per heavy atom. The van der Waals surface area contributed by atoms with Crippen molar-refractivity contribution in [2.45, 2.75) is 32.9 Å². The van der Waals surface area contributed by atoms with Crippen LogP contribution in [-0.2, 0) is 7.05 Å². The fourth-order valence-corrected chi connectivity index (χ4v) is 2.40. The van der Waals surface area contributed by atoms with Gasteiger partial charge in [0.15, 0.2) is 0 Å². The van der Waals surface area contributed by atoms with E-state index in [-0.39, 0.29) is 12.1 Å². The SMILES string of the molecule is COc1cc(C)ccc1C(C)NC(C)c1nncn1C. The van der Waals surface area contributed by atoms with Gasteiger partial charge in [0.25, 0.3) is 0 Å². The Morgan fingerprint density at radius 2 is 2.00 bits per heavy atom. The predicted molar refractivity (Wildman–Crippen MR) is 78.7 cm³/mol. The lowest BCUT2D eigenvalue weighted by Crippen LogP contribution is -2.25. The van der Waals surface area contributed by atoms with E-state index in [1.165, 1.54) is 5.56 Å². The summed E-state index contributed by atoms with van der Waals surface area (Å²) in [5, 5.41) is 11.6. The molecule has 0 radical (unpaired) electrons. The van der Waals surface area contributed by atoms with Crippen molar-refractivity contribution in [3.63, 3.8) is 0 Å². The van der Waals surface area contributed by atoms with Crippen LogP contribution in [0.3, 0.4) is 0 Å². The van der Waals surface area contributed by atoms with Crippen LogP contribution in [0.1, 0.15) is 42.9 Å². The Balaban J connectivity index is 2.16. The van der Waals surface area contributed by atoms with Crippen molar-refractivity contribution in [1.82, 2.24) is 20.1 Å². The quantitative estimate of drug-likeness (QED) is 0.910. The van der Waals surface area contributed by atoms with E-state index in [4.69, 9.17) is 4.74 Å². The second kappa shape index (κ2) is 6.05. The molecule has 5 heteroatoms. The van der Waals surface area contributed by atoms with Gasteiger partial charge in [-0.1, -0.05) is 12.1 Å². The van der Waals surface area contributed by atoms with Crippen LogP contribution in [-0.4, -0.2) is 21.9 Å². The molecule has 5 nitrogen and oxygen atoms in total. The third kappa shape index (κ3) is 2.99. The first-order valence-electron chi connectivity index (χ1n) is 6.77. The molecular formula is C15H22N4O. The Labute approximate surface area is 120 Å². The zero-order chi connectivity index (χ0) is 14.7. The molecule has 0 aliphatic heterocycles. The summed E-state index contributed by atoms with van der Waals surface area (Å²) in [6.45, 7) is 6.27. The number of benzene rings is 1. The maximum Gasteiger partial charge on any atom is 0.149 e. The Kier molecular flexibility index (Phi) is 4.39. The maximum absolute atomic E-state index is 5.47. The minimum Gasteiger partial charge on any atom is -0.496 e. The lowest BCUT2D eigenvalue weighted by molar-refractivity contribution is 0.393. The van der Waals surface area contributed by atoms with E-state index in [1.54, 1.807) is 13.4 Å². The summed E-state index contributed by atoms with van der Waals surface area (Å²) in [5.74, 6) is 1.83. The van der Waals surface area contributed by atoms with Gasteiger partial charge in [0.1, 0.15) is 17.9 Å². The van der Waals surface area contributed by atoms with E-state index in [2.05, 4.69) is 54.5 Å². The van der Waals surface area contributed by atoms with Crippen molar-refractivity contribution in [2.75, 3.05) is 7.11 Å².